The molecule has 108 valence electrons. The Labute approximate surface area is 117 Å². The molecule has 1 fully saturated rings. The van der Waals surface area contributed by atoms with Gasteiger partial charge in [-0.25, -0.2) is 4.79 Å². The van der Waals surface area contributed by atoms with E-state index in [4.69, 9.17) is 10.8 Å². The second kappa shape index (κ2) is 6.27. The van der Waals surface area contributed by atoms with Gasteiger partial charge in [-0.05, 0) is 25.0 Å². The van der Waals surface area contributed by atoms with E-state index in [1.807, 2.05) is 0 Å². The largest absolute Gasteiger partial charge is 0.481 e. The third kappa shape index (κ3) is 3.20. The number of anilines is 2. The van der Waals surface area contributed by atoms with Crippen LogP contribution in [0.15, 0.2) is 24.3 Å². The minimum Gasteiger partial charge on any atom is -0.481 e. The predicted molar refractivity (Wildman–Crippen MR) is 76.7 cm³/mol. The number of carbonyl (C=O) groups is 2. The molecule has 1 saturated heterocycles. The van der Waals surface area contributed by atoms with Crippen LogP contribution in [0, 0.1) is 0 Å². The quantitative estimate of drug-likeness (QED) is 0.821. The van der Waals surface area contributed by atoms with E-state index in [1.165, 1.54) is 4.90 Å². The van der Waals surface area contributed by atoms with Crippen LogP contribution in [0.1, 0.15) is 19.3 Å². The second-order valence-electron chi connectivity index (χ2n) is 4.83. The number of rotatable bonds is 4. The molecule has 2 amide bonds. The van der Waals surface area contributed by atoms with E-state index in [0.717, 1.165) is 25.9 Å². The highest BCUT2D eigenvalue weighted by atomic mass is 16.4. The van der Waals surface area contributed by atoms with Gasteiger partial charge in [0, 0.05) is 19.6 Å². The molecule has 1 aromatic carbocycles. The Kier molecular flexibility index (Phi) is 4.45. The molecule has 1 aliphatic rings. The van der Waals surface area contributed by atoms with Gasteiger partial charge in [0.05, 0.1) is 17.8 Å². The van der Waals surface area contributed by atoms with E-state index in [9.17, 15) is 9.59 Å². The zero-order valence-electron chi connectivity index (χ0n) is 11.3. The lowest BCUT2D eigenvalue weighted by molar-refractivity contribution is -0.136. The summed E-state index contributed by atoms with van der Waals surface area (Å²) >= 11 is 0. The maximum atomic E-state index is 12.5. The molecule has 0 saturated carbocycles. The van der Waals surface area contributed by atoms with Gasteiger partial charge in [0.2, 0.25) is 0 Å². The molecule has 6 heteroatoms. The van der Waals surface area contributed by atoms with Crippen LogP contribution in [0.2, 0.25) is 0 Å². The minimum absolute atomic E-state index is 0.103. The average Bonchev–Trinajstić information content (AvgIpc) is 2.94. The lowest BCUT2D eigenvalue weighted by atomic mass is 10.2. The number of carboxylic acids is 1. The van der Waals surface area contributed by atoms with E-state index in [1.54, 1.807) is 29.2 Å². The first-order chi connectivity index (χ1) is 9.59. The lowest BCUT2D eigenvalue weighted by Crippen LogP contribution is -2.43. The van der Waals surface area contributed by atoms with Crippen LogP contribution in [0.4, 0.5) is 16.2 Å². The summed E-state index contributed by atoms with van der Waals surface area (Å²) in [4.78, 5) is 26.5. The summed E-state index contributed by atoms with van der Waals surface area (Å²) in [6.07, 6.45) is 1.87. The van der Waals surface area contributed by atoms with E-state index < -0.39 is 5.97 Å². The van der Waals surface area contributed by atoms with Crippen molar-refractivity contribution >= 4 is 23.4 Å². The first-order valence-electron chi connectivity index (χ1n) is 6.72. The van der Waals surface area contributed by atoms with E-state index in [2.05, 4.69) is 0 Å². The zero-order chi connectivity index (χ0) is 14.5. The van der Waals surface area contributed by atoms with E-state index in [0.29, 0.717) is 11.4 Å². The van der Waals surface area contributed by atoms with Crippen molar-refractivity contribution in [2.24, 2.45) is 0 Å². The fourth-order valence-corrected chi connectivity index (χ4v) is 2.34. The van der Waals surface area contributed by atoms with Crippen LogP contribution in [0.5, 0.6) is 0 Å². The zero-order valence-corrected chi connectivity index (χ0v) is 11.3. The molecule has 6 nitrogen and oxygen atoms in total. The molecular formula is C14H19N3O3. The number of urea groups is 1. The van der Waals surface area contributed by atoms with Crippen molar-refractivity contribution in [3.05, 3.63) is 24.3 Å². The SMILES string of the molecule is Nc1ccccc1N(CCC(=O)O)C(=O)N1CCCC1. The summed E-state index contributed by atoms with van der Waals surface area (Å²) in [7, 11) is 0. The first-order valence-corrected chi connectivity index (χ1v) is 6.72. The Bertz CT molecular complexity index is 498. The summed E-state index contributed by atoms with van der Waals surface area (Å²) < 4.78 is 0. The number of nitrogens with two attached hydrogens (primary N) is 1. The Morgan fingerprint density at radius 3 is 2.50 bits per heavy atom. The van der Waals surface area contributed by atoms with Crippen molar-refractivity contribution in [2.75, 3.05) is 30.3 Å². The predicted octanol–water partition coefficient (Wildman–Crippen LogP) is 1.77. The molecule has 0 aliphatic carbocycles. The Hall–Kier alpha value is -2.24. The van der Waals surface area contributed by atoms with Crippen molar-refractivity contribution in [2.45, 2.75) is 19.3 Å². The number of hydrogen-bond acceptors (Lipinski definition) is 3. The number of aliphatic carboxylic acids is 1. The van der Waals surface area contributed by atoms with Gasteiger partial charge in [-0.1, -0.05) is 12.1 Å². The number of para-hydroxylation sites is 2. The maximum Gasteiger partial charge on any atom is 0.324 e. The number of amides is 2. The number of hydrogen-bond donors (Lipinski definition) is 2. The molecule has 0 radical (unpaired) electrons. The van der Waals surface area contributed by atoms with Crippen molar-refractivity contribution in [1.29, 1.82) is 0 Å². The van der Waals surface area contributed by atoms with Crippen molar-refractivity contribution in [1.82, 2.24) is 4.90 Å². The molecule has 1 aromatic rings. The van der Waals surface area contributed by atoms with Gasteiger partial charge in [-0.3, -0.25) is 9.69 Å². The highest BCUT2D eigenvalue weighted by Gasteiger charge is 2.26. The topological polar surface area (TPSA) is 86.9 Å². The summed E-state index contributed by atoms with van der Waals surface area (Å²) in [6, 6.07) is 6.86. The molecule has 0 bridgehead atoms. The molecule has 20 heavy (non-hydrogen) atoms. The van der Waals surface area contributed by atoms with E-state index in [-0.39, 0.29) is 19.0 Å². The van der Waals surface area contributed by atoms with Crippen LogP contribution in [-0.2, 0) is 4.79 Å². The van der Waals surface area contributed by atoms with Gasteiger partial charge in [0.25, 0.3) is 0 Å². The third-order valence-electron chi connectivity index (χ3n) is 3.38. The Morgan fingerprint density at radius 2 is 1.90 bits per heavy atom. The highest BCUT2D eigenvalue weighted by Crippen LogP contribution is 2.25. The van der Waals surface area contributed by atoms with Crippen LogP contribution in [0.25, 0.3) is 0 Å². The number of carboxylic acid groups (broad SMARTS) is 1. The van der Waals surface area contributed by atoms with Gasteiger partial charge in [-0.15, -0.1) is 0 Å². The highest BCUT2D eigenvalue weighted by molar-refractivity contribution is 5.95. The molecular weight excluding hydrogens is 258 g/mol. The van der Waals surface area contributed by atoms with Crippen LogP contribution >= 0.6 is 0 Å². The van der Waals surface area contributed by atoms with Crippen molar-refractivity contribution < 1.29 is 14.7 Å². The van der Waals surface area contributed by atoms with Gasteiger partial charge in [0.15, 0.2) is 0 Å². The van der Waals surface area contributed by atoms with Crippen LogP contribution in [0.3, 0.4) is 0 Å². The number of benzene rings is 1. The number of carbonyl (C=O) groups excluding carboxylic acids is 1. The summed E-state index contributed by atoms with van der Waals surface area (Å²) in [6.45, 7) is 1.56. The second-order valence-corrected chi connectivity index (χ2v) is 4.83. The summed E-state index contributed by atoms with van der Waals surface area (Å²) in [5.74, 6) is -0.932. The maximum absolute atomic E-state index is 12.5. The molecule has 1 aliphatic heterocycles. The number of nitrogens with zero attached hydrogens (tertiary/aromatic N) is 2. The first kappa shape index (κ1) is 14.2. The number of nitrogen functional groups attached to an aromatic ring is 1. The standard InChI is InChI=1S/C14H19N3O3/c15-11-5-1-2-6-12(11)17(10-7-13(18)19)14(20)16-8-3-4-9-16/h1-2,5-6H,3-4,7-10,15H2,(H,18,19). The Morgan fingerprint density at radius 1 is 1.25 bits per heavy atom. The third-order valence-corrected chi connectivity index (χ3v) is 3.38. The lowest BCUT2D eigenvalue weighted by Gasteiger charge is -2.28. The fraction of sp³-hybridized carbons (Fsp3) is 0.429. The average molecular weight is 277 g/mol. The smallest absolute Gasteiger partial charge is 0.324 e. The normalized spacial score (nSPS) is 14.3. The number of likely N-dealkylation sites (tertiary alicyclic amines) is 1. The van der Waals surface area contributed by atoms with E-state index >= 15 is 0 Å². The molecule has 0 unspecified atom stereocenters. The molecule has 0 aromatic heterocycles. The molecule has 0 spiro atoms. The summed E-state index contributed by atoms with van der Waals surface area (Å²) in [5, 5.41) is 8.84. The van der Waals surface area contributed by atoms with Crippen LogP contribution < -0.4 is 10.6 Å². The van der Waals surface area contributed by atoms with Gasteiger partial charge in [0.1, 0.15) is 0 Å². The van der Waals surface area contributed by atoms with Gasteiger partial charge >= 0.3 is 12.0 Å². The molecule has 2 rings (SSSR count). The monoisotopic (exact) mass is 277 g/mol. The van der Waals surface area contributed by atoms with Gasteiger partial charge < -0.3 is 15.7 Å². The van der Waals surface area contributed by atoms with Gasteiger partial charge in [-0.2, -0.15) is 0 Å². The summed E-state index contributed by atoms with van der Waals surface area (Å²) in [5.41, 5.74) is 6.96. The van der Waals surface area contributed by atoms with Crippen LogP contribution in [-0.4, -0.2) is 41.6 Å². The minimum atomic E-state index is -0.932. The molecule has 0 atom stereocenters. The molecule has 1 heterocycles. The van der Waals surface area contributed by atoms with Crippen molar-refractivity contribution in [3.63, 3.8) is 0 Å². The Balaban J connectivity index is 2.21. The fourth-order valence-electron chi connectivity index (χ4n) is 2.34. The van der Waals surface area contributed by atoms with Crippen molar-refractivity contribution in [3.8, 4) is 0 Å². The molecule has 3 N–H and O–H groups in total.